The van der Waals surface area contributed by atoms with Gasteiger partial charge >= 0.3 is 18.1 Å². The maximum Gasteiger partial charge on any atom is 0.491 e. The van der Waals surface area contributed by atoms with Crippen LogP contribution in [0.2, 0.25) is 0 Å². The molecule has 174 valence electrons. The Labute approximate surface area is 185 Å². The average Bonchev–Trinajstić information content (AvgIpc) is 2.76. The molecular weight excluding hydrogens is 423 g/mol. The van der Waals surface area contributed by atoms with Crippen LogP contribution in [-0.4, -0.2) is 37.8 Å². The van der Waals surface area contributed by atoms with Gasteiger partial charge in [-0.15, -0.1) is 0 Å². The molecule has 0 heterocycles. The standard InChI is InChI=1S/C24H28F3NO4/c25-24(26,27)23(30)32-22(29)14-16-28-15-7-12-20-11-6-13-21(18-20)31-17-5-4-10-19-8-2-1-3-9-19/h1-3,6,8-9,11,13,18,28H,4-5,7,10,12,14-17H2. The lowest BCUT2D eigenvalue weighted by Crippen LogP contribution is -2.29. The molecule has 32 heavy (non-hydrogen) atoms. The summed E-state index contributed by atoms with van der Waals surface area (Å²) < 4.78 is 45.6. The molecule has 0 aliphatic rings. The van der Waals surface area contributed by atoms with Gasteiger partial charge in [-0.2, -0.15) is 13.2 Å². The third-order valence-electron chi connectivity index (χ3n) is 4.63. The fourth-order valence-electron chi connectivity index (χ4n) is 3.00. The number of aryl methyl sites for hydroxylation is 2. The van der Waals surface area contributed by atoms with E-state index in [0.29, 0.717) is 13.2 Å². The first-order valence-corrected chi connectivity index (χ1v) is 10.6. The number of rotatable bonds is 13. The highest BCUT2D eigenvalue weighted by Crippen LogP contribution is 2.17. The molecular formula is C24H28F3NO4. The summed E-state index contributed by atoms with van der Waals surface area (Å²) in [6, 6.07) is 18.2. The van der Waals surface area contributed by atoms with E-state index in [1.807, 2.05) is 42.5 Å². The van der Waals surface area contributed by atoms with E-state index in [9.17, 15) is 22.8 Å². The fourth-order valence-corrected chi connectivity index (χ4v) is 3.00. The van der Waals surface area contributed by atoms with Gasteiger partial charge in [0.15, 0.2) is 0 Å². The van der Waals surface area contributed by atoms with E-state index >= 15 is 0 Å². The summed E-state index contributed by atoms with van der Waals surface area (Å²) >= 11 is 0. The number of ether oxygens (including phenoxy) is 2. The van der Waals surface area contributed by atoms with Gasteiger partial charge in [0.1, 0.15) is 5.75 Å². The van der Waals surface area contributed by atoms with Gasteiger partial charge in [0.2, 0.25) is 0 Å². The number of carbonyl (C=O) groups excluding carboxylic acids is 2. The molecule has 0 aromatic heterocycles. The number of unbranched alkanes of at least 4 members (excludes halogenated alkanes) is 1. The molecule has 8 heteroatoms. The number of carbonyl (C=O) groups is 2. The van der Waals surface area contributed by atoms with Gasteiger partial charge in [-0.1, -0.05) is 42.5 Å². The molecule has 2 aromatic carbocycles. The molecule has 2 aromatic rings. The van der Waals surface area contributed by atoms with Crippen LogP contribution in [0.3, 0.4) is 0 Å². The molecule has 0 bridgehead atoms. The second-order valence-corrected chi connectivity index (χ2v) is 7.30. The molecule has 2 rings (SSSR count). The van der Waals surface area contributed by atoms with Crippen molar-refractivity contribution in [2.75, 3.05) is 19.7 Å². The van der Waals surface area contributed by atoms with E-state index in [1.165, 1.54) is 5.56 Å². The van der Waals surface area contributed by atoms with Crippen molar-refractivity contribution in [3.8, 4) is 5.75 Å². The van der Waals surface area contributed by atoms with Gasteiger partial charge in [0.05, 0.1) is 13.0 Å². The van der Waals surface area contributed by atoms with Gasteiger partial charge in [-0.05, 0) is 61.9 Å². The zero-order valence-corrected chi connectivity index (χ0v) is 17.8. The monoisotopic (exact) mass is 451 g/mol. The van der Waals surface area contributed by atoms with Crippen molar-refractivity contribution in [3.05, 3.63) is 65.7 Å². The summed E-state index contributed by atoms with van der Waals surface area (Å²) in [7, 11) is 0. The van der Waals surface area contributed by atoms with Crippen LogP contribution in [0, 0.1) is 0 Å². The first kappa shape index (κ1) is 25.4. The van der Waals surface area contributed by atoms with Gasteiger partial charge in [-0.3, -0.25) is 4.79 Å². The molecule has 0 aliphatic heterocycles. The van der Waals surface area contributed by atoms with Crippen LogP contribution in [0.4, 0.5) is 13.2 Å². The maximum atomic E-state index is 12.0. The highest BCUT2D eigenvalue weighted by molar-refractivity contribution is 5.88. The second-order valence-electron chi connectivity index (χ2n) is 7.30. The van der Waals surface area contributed by atoms with Crippen LogP contribution in [-0.2, 0) is 27.2 Å². The molecule has 0 saturated carbocycles. The van der Waals surface area contributed by atoms with Gasteiger partial charge in [0, 0.05) is 6.54 Å². The summed E-state index contributed by atoms with van der Waals surface area (Å²) in [5.41, 5.74) is 2.44. The first-order valence-electron chi connectivity index (χ1n) is 10.6. The van der Waals surface area contributed by atoms with E-state index in [4.69, 9.17) is 4.74 Å². The third-order valence-corrected chi connectivity index (χ3v) is 4.63. The summed E-state index contributed by atoms with van der Waals surface area (Å²) in [4.78, 5) is 21.7. The number of halogens is 3. The number of hydrogen-bond donors (Lipinski definition) is 1. The Morgan fingerprint density at radius 3 is 2.31 bits per heavy atom. The van der Waals surface area contributed by atoms with Crippen molar-refractivity contribution in [3.63, 3.8) is 0 Å². The lowest BCUT2D eigenvalue weighted by Gasteiger charge is -2.09. The van der Waals surface area contributed by atoms with Crippen LogP contribution in [0.5, 0.6) is 5.75 Å². The maximum absolute atomic E-state index is 12.0. The minimum atomic E-state index is -5.16. The van der Waals surface area contributed by atoms with Crippen molar-refractivity contribution in [2.45, 2.75) is 44.7 Å². The lowest BCUT2D eigenvalue weighted by molar-refractivity contribution is -0.201. The topological polar surface area (TPSA) is 64.6 Å². The first-order chi connectivity index (χ1) is 15.3. The molecule has 0 amide bonds. The number of hydrogen-bond acceptors (Lipinski definition) is 5. The van der Waals surface area contributed by atoms with E-state index in [2.05, 4.69) is 22.2 Å². The molecule has 0 fully saturated rings. The predicted octanol–water partition coefficient (Wildman–Crippen LogP) is 4.63. The Hall–Kier alpha value is -2.87. The van der Waals surface area contributed by atoms with Crippen molar-refractivity contribution < 1.29 is 32.2 Å². The molecule has 1 N–H and O–H groups in total. The molecule has 5 nitrogen and oxygen atoms in total. The van der Waals surface area contributed by atoms with Crippen LogP contribution < -0.4 is 10.1 Å². The highest BCUT2D eigenvalue weighted by Gasteiger charge is 2.42. The molecule has 0 spiro atoms. The van der Waals surface area contributed by atoms with Crippen LogP contribution >= 0.6 is 0 Å². The average molecular weight is 451 g/mol. The lowest BCUT2D eigenvalue weighted by atomic mass is 10.1. The molecule has 0 saturated heterocycles. The summed E-state index contributed by atoms with van der Waals surface area (Å²) in [5, 5.41) is 2.95. The number of esters is 2. The van der Waals surface area contributed by atoms with Crippen molar-refractivity contribution in [1.29, 1.82) is 0 Å². The number of benzene rings is 2. The number of nitrogens with one attached hydrogen (secondary N) is 1. The Balaban J connectivity index is 1.55. The van der Waals surface area contributed by atoms with Gasteiger partial charge < -0.3 is 14.8 Å². The van der Waals surface area contributed by atoms with Crippen LogP contribution in [0.15, 0.2) is 54.6 Å². The Morgan fingerprint density at radius 2 is 1.56 bits per heavy atom. The summed E-state index contributed by atoms with van der Waals surface area (Å²) in [6.45, 7) is 1.37. The molecule has 0 radical (unpaired) electrons. The highest BCUT2D eigenvalue weighted by atomic mass is 19.4. The summed E-state index contributed by atoms with van der Waals surface area (Å²) in [6.07, 6.45) is -0.841. The Morgan fingerprint density at radius 1 is 0.844 bits per heavy atom. The smallest absolute Gasteiger partial charge is 0.491 e. The normalized spacial score (nSPS) is 11.2. The number of alkyl halides is 3. The third kappa shape index (κ3) is 10.4. The van der Waals surface area contributed by atoms with Crippen LogP contribution in [0.1, 0.15) is 36.8 Å². The Kier molecular flexibility index (Phi) is 10.7. The zero-order chi connectivity index (χ0) is 23.2. The molecule has 0 atom stereocenters. The van der Waals surface area contributed by atoms with Crippen molar-refractivity contribution >= 4 is 11.9 Å². The van der Waals surface area contributed by atoms with Crippen LogP contribution in [0.25, 0.3) is 0 Å². The minimum absolute atomic E-state index is 0.135. The minimum Gasteiger partial charge on any atom is -0.494 e. The SMILES string of the molecule is O=C(CCNCCCc1cccc(OCCCCc2ccccc2)c1)OC(=O)C(F)(F)F. The van der Waals surface area contributed by atoms with E-state index in [0.717, 1.165) is 43.4 Å². The summed E-state index contributed by atoms with van der Waals surface area (Å²) in [5.74, 6) is -2.86. The fraction of sp³-hybridized carbons (Fsp3) is 0.417. The zero-order valence-electron chi connectivity index (χ0n) is 17.8. The molecule has 0 aliphatic carbocycles. The van der Waals surface area contributed by atoms with E-state index in [-0.39, 0.29) is 13.0 Å². The van der Waals surface area contributed by atoms with Crippen molar-refractivity contribution in [2.24, 2.45) is 0 Å². The van der Waals surface area contributed by atoms with Gasteiger partial charge in [0.25, 0.3) is 0 Å². The molecule has 0 unspecified atom stereocenters. The second kappa shape index (κ2) is 13.5. The van der Waals surface area contributed by atoms with Gasteiger partial charge in [-0.25, -0.2) is 4.79 Å². The van der Waals surface area contributed by atoms with E-state index in [1.54, 1.807) is 0 Å². The Bertz CT molecular complexity index is 841. The van der Waals surface area contributed by atoms with E-state index < -0.39 is 18.1 Å². The predicted molar refractivity (Wildman–Crippen MR) is 114 cm³/mol. The van der Waals surface area contributed by atoms with Crippen molar-refractivity contribution in [1.82, 2.24) is 5.32 Å². The quantitative estimate of drug-likeness (QED) is 0.273. The largest absolute Gasteiger partial charge is 0.494 e.